The molecule has 0 atom stereocenters. The molecule has 0 spiro atoms. The van der Waals surface area contributed by atoms with Crippen molar-refractivity contribution >= 4 is 0 Å². The fourth-order valence-electron chi connectivity index (χ4n) is 1.07. The maximum atomic E-state index is 8.96. The maximum absolute atomic E-state index is 8.96. The first-order valence-corrected chi connectivity index (χ1v) is 3.97. The van der Waals surface area contributed by atoms with Gasteiger partial charge in [-0.25, -0.2) is 0 Å². The molecule has 0 aromatic carbocycles. The Bertz CT molecular complexity index is 261. The van der Waals surface area contributed by atoms with Crippen LogP contribution in [0.5, 0.6) is 5.75 Å². The maximum Gasteiger partial charge on any atom is 0.145 e. The lowest BCUT2D eigenvalue weighted by atomic mass is 10.2. The lowest BCUT2D eigenvalue weighted by Gasteiger charge is -2.09. The Morgan fingerprint density at radius 1 is 1.58 bits per heavy atom. The monoisotopic (exact) mass is 167 g/mol. The van der Waals surface area contributed by atoms with Crippen LogP contribution in [0.3, 0.4) is 0 Å². The summed E-state index contributed by atoms with van der Waals surface area (Å²) in [7, 11) is 0. The van der Waals surface area contributed by atoms with Crippen molar-refractivity contribution in [1.29, 1.82) is 0 Å². The molecule has 1 heterocycles. The van der Waals surface area contributed by atoms with Crippen LogP contribution in [0.2, 0.25) is 0 Å². The van der Waals surface area contributed by atoms with E-state index in [1.54, 1.807) is 12.3 Å². The zero-order valence-electron chi connectivity index (χ0n) is 7.37. The number of rotatable bonds is 3. The third-order valence-corrected chi connectivity index (χ3v) is 1.62. The number of ether oxygens (including phenoxy) is 1. The summed E-state index contributed by atoms with van der Waals surface area (Å²) < 4.78 is 5.34. The van der Waals surface area contributed by atoms with E-state index in [0.29, 0.717) is 12.4 Å². The highest BCUT2D eigenvalue weighted by atomic mass is 16.5. The molecule has 1 aromatic heterocycles. The second-order valence-corrected chi connectivity index (χ2v) is 2.48. The van der Waals surface area contributed by atoms with Gasteiger partial charge >= 0.3 is 0 Å². The molecule has 0 unspecified atom stereocenters. The van der Waals surface area contributed by atoms with E-state index in [1.165, 1.54) is 0 Å². The summed E-state index contributed by atoms with van der Waals surface area (Å²) in [5.41, 5.74) is 1.62. The van der Waals surface area contributed by atoms with E-state index in [0.717, 1.165) is 11.3 Å². The van der Waals surface area contributed by atoms with Crippen molar-refractivity contribution in [3.63, 3.8) is 0 Å². The smallest absolute Gasteiger partial charge is 0.145 e. The van der Waals surface area contributed by atoms with Crippen LogP contribution in [0.4, 0.5) is 0 Å². The normalized spacial score (nSPS) is 9.92. The zero-order valence-corrected chi connectivity index (χ0v) is 7.37. The minimum Gasteiger partial charge on any atom is -0.492 e. The van der Waals surface area contributed by atoms with E-state index in [2.05, 4.69) is 4.98 Å². The Morgan fingerprint density at radius 2 is 2.33 bits per heavy atom. The molecule has 0 aliphatic heterocycles. The number of pyridine rings is 1. The first-order chi connectivity index (χ1) is 5.79. The molecule has 0 fully saturated rings. The summed E-state index contributed by atoms with van der Waals surface area (Å²) >= 11 is 0. The van der Waals surface area contributed by atoms with Gasteiger partial charge in [-0.1, -0.05) is 0 Å². The Hall–Kier alpha value is -1.09. The molecule has 0 aliphatic rings. The number of hydrogen-bond donors (Lipinski definition) is 1. The Kier molecular flexibility index (Phi) is 3.05. The van der Waals surface area contributed by atoms with Crippen LogP contribution < -0.4 is 4.74 Å². The summed E-state index contributed by atoms with van der Waals surface area (Å²) in [6.45, 7) is 4.37. The fraction of sp³-hybridized carbons (Fsp3) is 0.444. The number of aliphatic hydroxyl groups excluding tert-OH is 1. The van der Waals surface area contributed by atoms with Gasteiger partial charge in [-0.05, 0) is 19.9 Å². The van der Waals surface area contributed by atoms with Crippen LogP contribution in [-0.4, -0.2) is 16.7 Å². The highest BCUT2D eigenvalue weighted by Gasteiger charge is 2.05. The van der Waals surface area contributed by atoms with Gasteiger partial charge in [0.25, 0.3) is 0 Å². The lowest BCUT2D eigenvalue weighted by Crippen LogP contribution is -2.00. The van der Waals surface area contributed by atoms with Crippen LogP contribution in [-0.2, 0) is 6.61 Å². The number of hydrogen-bond acceptors (Lipinski definition) is 3. The molecule has 1 N–H and O–H groups in total. The standard InChI is InChI=1S/C9H13NO2/c1-3-12-9-7(2)10-5-4-8(9)6-11/h4-5,11H,3,6H2,1-2H3. The van der Waals surface area contributed by atoms with Gasteiger partial charge in [0.05, 0.1) is 18.9 Å². The predicted octanol–water partition coefficient (Wildman–Crippen LogP) is 1.28. The zero-order chi connectivity index (χ0) is 8.97. The largest absolute Gasteiger partial charge is 0.492 e. The number of aromatic nitrogens is 1. The molecular formula is C9H13NO2. The average molecular weight is 167 g/mol. The van der Waals surface area contributed by atoms with Gasteiger partial charge in [0.2, 0.25) is 0 Å². The first-order valence-electron chi connectivity index (χ1n) is 3.97. The molecule has 0 radical (unpaired) electrons. The van der Waals surface area contributed by atoms with Crippen LogP contribution in [0, 0.1) is 6.92 Å². The molecule has 0 bridgehead atoms. The van der Waals surface area contributed by atoms with E-state index in [4.69, 9.17) is 9.84 Å². The van der Waals surface area contributed by atoms with Gasteiger partial charge in [-0.2, -0.15) is 0 Å². The van der Waals surface area contributed by atoms with E-state index in [9.17, 15) is 0 Å². The van der Waals surface area contributed by atoms with Crippen LogP contribution in [0.1, 0.15) is 18.2 Å². The molecule has 0 aliphatic carbocycles. The van der Waals surface area contributed by atoms with E-state index in [1.807, 2.05) is 13.8 Å². The molecule has 3 heteroatoms. The van der Waals surface area contributed by atoms with Crippen molar-refractivity contribution in [2.45, 2.75) is 20.5 Å². The van der Waals surface area contributed by atoms with Crippen molar-refractivity contribution in [2.24, 2.45) is 0 Å². The molecule has 3 nitrogen and oxygen atoms in total. The molecular weight excluding hydrogens is 154 g/mol. The lowest BCUT2D eigenvalue weighted by molar-refractivity contribution is 0.265. The van der Waals surface area contributed by atoms with Crippen molar-refractivity contribution in [3.05, 3.63) is 23.5 Å². The summed E-state index contributed by atoms with van der Waals surface area (Å²) in [5, 5.41) is 8.96. The van der Waals surface area contributed by atoms with Crippen molar-refractivity contribution < 1.29 is 9.84 Å². The van der Waals surface area contributed by atoms with Crippen molar-refractivity contribution in [2.75, 3.05) is 6.61 Å². The number of nitrogens with zero attached hydrogens (tertiary/aromatic N) is 1. The summed E-state index contributed by atoms with van der Waals surface area (Å²) in [4.78, 5) is 4.07. The summed E-state index contributed by atoms with van der Waals surface area (Å²) in [6, 6.07) is 1.76. The van der Waals surface area contributed by atoms with Crippen LogP contribution >= 0.6 is 0 Å². The molecule has 66 valence electrons. The minimum atomic E-state index is -0.00130. The van der Waals surface area contributed by atoms with Crippen molar-refractivity contribution in [1.82, 2.24) is 4.98 Å². The predicted molar refractivity (Wildman–Crippen MR) is 46.1 cm³/mol. The number of aryl methyl sites for hydroxylation is 1. The molecule has 0 amide bonds. The second kappa shape index (κ2) is 4.07. The average Bonchev–Trinajstić information content (AvgIpc) is 2.09. The first kappa shape index (κ1) is 9.00. The highest BCUT2D eigenvalue weighted by Crippen LogP contribution is 2.20. The molecule has 0 saturated heterocycles. The third-order valence-electron chi connectivity index (χ3n) is 1.62. The second-order valence-electron chi connectivity index (χ2n) is 2.48. The number of aliphatic hydroxyl groups is 1. The SMILES string of the molecule is CCOc1c(CO)ccnc1C. The van der Waals surface area contributed by atoms with E-state index in [-0.39, 0.29) is 6.61 Å². The van der Waals surface area contributed by atoms with E-state index < -0.39 is 0 Å². The molecule has 12 heavy (non-hydrogen) atoms. The van der Waals surface area contributed by atoms with Gasteiger partial charge in [-0.3, -0.25) is 4.98 Å². The van der Waals surface area contributed by atoms with Gasteiger partial charge in [0.15, 0.2) is 0 Å². The molecule has 1 rings (SSSR count). The van der Waals surface area contributed by atoms with Gasteiger partial charge in [0.1, 0.15) is 5.75 Å². The van der Waals surface area contributed by atoms with Crippen LogP contribution in [0.25, 0.3) is 0 Å². The van der Waals surface area contributed by atoms with Gasteiger partial charge in [-0.15, -0.1) is 0 Å². The Balaban J connectivity index is 3.02. The topological polar surface area (TPSA) is 42.4 Å². The third kappa shape index (κ3) is 1.74. The Labute approximate surface area is 72.0 Å². The fourth-order valence-corrected chi connectivity index (χ4v) is 1.07. The highest BCUT2D eigenvalue weighted by molar-refractivity contribution is 5.35. The Morgan fingerprint density at radius 3 is 2.92 bits per heavy atom. The molecule has 0 saturated carbocycles. The van der Waals surface area contributed by atoms with Crippen LogP contribution in [0.15, 0.2) is 12.3 Å². The van der Waals surface area contributed by atoms with Crippen molar-refractivity contribution in [3.8, 4) is 5.75 Å². The summed E-state index contributed by atoms with van der Waals surface area (Å²) in [5.74, 6) is 0.711. The minimum absolute atomic E-state index is 0.00130. The van der Waals surface area contributed by atoms with Gasteiger partial charge < -0.3 is 9.84 Å². The molecule has 1 aromatic rings. The van der Waals surface area contributed by atoms with E-state index >= 15 is 0 Å². The summed E-state index contributed by atoms with van der Waals surface area (Å²) in [6.07, 6.45) is 1.67. The van der Waals surface area contributed by atoms with Gasteiger partial charge in [0, 0.05) is 11.8 Å². The quantitative estimate of drug-likeness (QED) is 0.737.